The number of rotatable bonds is 12. The molecule has 11 heteroatoms. The van der Waals surface area contributed by atoms with E-state index in [4.69, 9.17) is 14.5 Å². The zero-order valence-electron chi connectivity index (χ0n) is 29.9. The summed E-state index contributed by atoms with van der Waals surface area (Å²) in [5, 5.41) is 2.94. The first-order chi connectivity index (χ1) is 22.8. The average molecular weight is 664 g/mol. The lowest BCUT2D eigenvalue weighted by Gasteiger charge is -2.24. The Bertz CT molecular complexity index is 1560. The van der Waals surface area contributed by atoms with E-state index in [1.807, 2.05) is 17.9 Å². The molecular weight excluding hydrogens is 611 g/mol. The van der Waals surface area contributed by atoms with Gasteiger partial charge in [-0.25, -0.2) is 28.9 Å². The second kappa shape index (κ2) is 16.3. The number of carbonyl (C=O) groups is 2. The summed E-state index contributed by atoms with van der Waals surface area (Å²) in [6.07, 6.45) is 8.37. The predicted molar refractivity (Wildman–Crippen MR) is 187 cm³/mol. The van der Waals surface area contributed by atoms with Crippen molar-refractivity contribution >= 4 is 29.6 Å². The van der Waals surface area contributed by atoms with Crippen molar-refractivity contribution in [3.8, 4) is 0 Å². The number of benzene rings is 1. The number of halogens is 1. The molecule has 1 fully saturated rings. The van der Waals surface area contributed by atoms with Gasteiger partial charge >= 0.3 is 12.0 Å². The fourth-order valence-electron chi connectivity index (χ4n) is 6.24. The first kappa shape index (κ1) is 36.7. The van der Waals surface area contributed by atoms with E-state index in [1.165, 1.54) is 24.0 Å². The zero-order chi connectivity index (χ0) is 35.0. The molecule has 3 heterocycles. The molecule has 2 aliphatic rings. The Morgan fingerprint density at radius 2 is 1.83 bits per heavy atom. The molecule has 4 rings (SSSR count). The maximum absolute atomic E-state index is 15.0. The van der Waals surface area contributed by atoms with Crippen LogP contribution in [0.3, 0.4) is 0 Å². The highest BCUT2D eigenvalue weighted by Crippen LogP contribution is 2.32. The number of aromatic nitrogens is 2. The molecule has 2 atom stereocenters. The standard InChI is InChI=1S/C37H51FN6O4/c1-9-13-27(14-12-15-33-41-31(11-3)25(10-2)23-47-33)43(8)34(45)26-19-39-35(40-20-26)44-21-29(28-18-24(4)16-17-30(28)38)32(22-44)42-36(46)48-37(5,6)7/h16-20,29,32H,9-15,21-23H2,1-8H3/p+1. The lowest BCUT2D eigenvalue weighted by Crippen LogP contribution is -2.43. The molecule has 260 valence electrons. The molecule has 1 aromatic heterocycles. The van der Waals surface area contributed by atoms with Crippen LogP contribution in [0, 0.1) is 12.7 Å². The van der Waals surface area contributed by atoms with Crippen LogP contribution in [0.2, 0.25) is 0 Å². The van der Waals surface area contributed by atoms with Gasteiger partial charge in [-0.05, 0) is 70.6 Å². The normalized spacial score (nSPS) is 18.7. The highest BCUT2D eigenvalue weighted by molar-refractivity contribution is 5.93. The van der Waals surface area contributed by atoms with Crippen molar-refractivity contribution in [1.82, 2.24) is 15.3 Å². The first-order valence-corrected chi connectivity index (χ1v) is 17.2. The van der Waals surface area contributed by atoms with Crippen LogP contribution in [0.1, 0.15) is 114 Å². The van der Waals surface area contributed by atoms with Gasteiger partial charge in [0, 0.05) is 44.0 Å². The third-order valence-electron chi connectivity index (χ3n) is 8.76. The number of aliphatic imine (C=N–C) groups is 1. The molecule has 2 amide bonds. The highest BCUT2D eigenvalue weighted by Gasteiger charge is 2.38. The zero-order valence-corrected chi connectivity index (χ0v) is 29.9. The van der Waals surface area contributed by atoms with Crippen LogP contribution in [-0.2, 0) is 9.47 Å². The molecule has 10 nitrogen and oxygen atoms in total. The van der Waals surface area contributed by atoms with Crippen LogP contribution in [0.5, 0.6) is 0 Å². The Morgan fingerprint density at radius 1 is 1.10 bits per heavy atom. The molecular formula is C37H52FN6O4+. The Kier molecular flexibility index (Phi) is 12.5. The van der Waals surface area contributed by atoms with E-state index < -0.39 is 17.7 Å². The van der Waals surface area contributed by atoms with Gasteiger partial charge < -0.3 is 19.7 Å². The minimum absolute atomic E-state index is 0.175. The Hall–Kier alpha value is -4.15. The number of nitrogens with zero attached hydrogens (tertiary/aromatic N) is 5. The lowest BCUT2D eigenvalue weighted by molar-refractivity contribution is -0.397. The van der Waals surface area contributed by atoms with Gasteiger partial charge in [0.05, 0.1) is 18.4 Å². The van der Waals surface area contributed by atoms with Crippen LogP contribution >= 0.6 is 0 Å². The number of hydrogen-bond acceptors (Lipinski definition) is 8. The molecule has 0 bridgehead atoms. The maximum atomic E-state index is 15.0. The van der Waals surface area contributed by atoms with Gasteiger partial charge in [0.1, 0.15) is 30.6 Å². The number of allylic oxidation sites excluding steroid dienone is 1. The second-order valence-corrected chi connectivity index (χ2v) is 13.6. The van der Waals surface area contributed by atoms with E-state index in [-0.39, 0.29) is 17.6 Å². The number of alkyl carbamates (subject to hydrolysis) is 1. The molecule has 2 aliphatic heterocycles. The van der Waals surface area contributed by atoms with Crippen LogP contribution in [0.25, 0.3) is 0 Å². The van der Waals surface area contributed by atoms with Crippen molar-refractivity contribution in [1.29, 1.82) is 0 Å². The van der Waals surface area contributed by atoms with Crippen molar-refractivity contribution in [2.75, 3.05) is 31.6 Å². The molecule has 0 spiro atoms. The van der Waals surface area contributed by atoms with E-state index >= 15 is 4.39 Å². The van der Waals surface area contributed by atoms with Crippen LogP contribution in [-0.4, -0.2) is 76.5 Å². The summed E-state index contributed by atoms with van der Waals surface area (Å²) in [5.74, 6) is 0.308. The largest absolute Gasteiger partial charge is 0.476 e. The van der Waals surface area contributed by atoms with Gasteiger partial charge in [0.15, 0.2) is 11.6 Å². The Labute approximate surface area is 284 Å². The number of ether oxygens (including phenoxy) is 2. The number of anilines is 1. The number of carbonyl (C=O) groups excluding carboxylic acids is 2. The fourth-order valence-corrected chi connectivity index (χ4v) is 6.24. The predicted octanol–water partition coefficient (Wildman–Crippen LogP) is 7.12. The summed E-state index contributed by atoms with van der Waals surface area (Å²) < 4.78 is 28.2. The molecule has 1 N–H and O–H groups in total. The first-order valence-electron chi connectivity index (χ1n) is 17.2. The summed E-state index contributed by atoms with van der Waals surface area (Å²) in [6.45, 7) is 15.0. The Balaban J connectivity index is 1.47. The van der Waals surface area contributed by atoms with Crippen LogP contribution in [0.4, 0.5) is 15.1 Å². The molecule has 2 aromatic rings. The molecule has 48 heavy (non-hydrogen) atoms. The summed E-state index contributed by atoms with van der Waals surface area (Å²) in [5.41, 5.74) is 4.58. The van der Waals surface area contributed by atoms with Crippen molar-refractivity contribution in [2.24, 2.45) is 4.99 Å². The summed E-state index contributed by atoms with van der Waals surface area (Å²) >= 11 is 0. The van der Waals surface area contributed by atoms with E-state index in [0.29, 0.717) is 36.8 Å². The lowest BCUT2D eigenvalue weighted by atomic mass is 9.92. The third-order valence-corrected chi connectivity index (χ3v) is 8.76. The number of nitrogens with one attached hydrogen (secondary N) is 1. The average Bonchev–Trinajstić information content (AvgIpc) is 3.46. The molecule has 0 radical (unpaired) electrons. The van der Waals surface area contributed by atoms with Crippen molar-refractivity contribution in [2.45, 2.75) is 111 Å². The highest BCUT2D eigenvalue weighted by atomic mass is 19.1. The van der Waals surface area contributed by atoms with Crippen LogP contribution in [0.15, 0.2) is 46.9 Å². The summed E-state index contributed by atoms with van der Waals surface area (Å²) in [6, 6.07) is 4.55. The van der Waals surface area contributed by atoms with Crippen molar-refractivity contribution < 1.29 is 28.0 Å². The number of amides is 2. The van der Waals surface area contributed by atoms with Gasteiger partial charge in [0.2, 0.25) is 5.95 Å². The van der Waals surface area contributed by atoms with E-state index in [2.05, 4.69) is 36.1 Å². The van der Waals surface area contributed by atoms with Gasteiger partial charge in [0.25, 0.3) is 0 Å². The van der Waals surface area contributed by atoms with Crippen LogP contribution < -0.4 is 10.2 Å². The molecule has 1 aromatic carbocycles. The second-order valence-electron chi connectivity index (χ2n) is 13.6. The van der Waals surface area contributed by atoms with Gasteiger partial charge in [-0.1, -0.05) is 38.5 Å². The fraction of sp³-hybridized carbons (Fsp3) is 0.568. The van der Waals surface area contributed by atoms with Crippen molar-refractivity contribution in [3.05, 3.63) is 64.4 Å². The molecule has 0 saturated carbocycles. The molecule has 1 saturated heterocycles. The monoisotopic (exact) mass is 663 g/mol. The van der Waals surface area contributed by atoms with E-state index in [9.17, 15) is 9.59 Å². The summed E-state index contributed by atoms with van der Waals surface area (Å²) in [4.78, 5) is 42.0. The minimum atomic E-state index is -0.673. The smallest absolute Gasteiger partial charge is 0.422 e. The van der Waals surface area contributed by atoms with Gasteiger partial charge in [-0.15, -0.1) is 0 Å². The SMILES string of the molecule is CCCC(CCCC1=NC(CC)=C(CC)CO1)=[N+](C)C(=O)c1cnc(N2CC(NC(=O)OC(C)(C)C)C(c3cc(C)ccc3F)C2)nc1. The van der Waals surface area contributed by atoms with E-state index in [0.717, 1.165) is 67.8 Å². The quantitative estimate of drug-likeness (QED) is 0.190. The third kappa shape index (κ3) is 9.48. The maximum Gasteiger partial charge on any atom is 0.422 e. The number of aryl methyl sites for hydroxylation is 1. The molecule has 0 aliphatic carbocycles. The topological polar surface area (TPSA) is 109 Å². The summed E-state index contributed by atoms with van der Waals surface area (Å²) in [7, 11) is 1.80. The van der Waals surface area contributed by atoms with Gasteiger partial charge in [-0.2, -0.15) is 4.58 Å². The van der Waals surface area contributed by atoms with Crippen molar-refractivity contribution in [3.63, 3.8) is 0 Å². The Morgan fingerprint density at radius 3 is 2.48 bits per heavy atom. The minimum Gasteiger partial charge on any atom is -0.476 e. The van der Waals surface area contributed by atoms with E-state index in [1.54, 1.807) is 38.5 Å². The molecule has 2 unspecified atom stereocenters. The van der Waals surface area contributed by atoms with Gasteiger partial charge in [-0.3, -0.25) is 0 Å². The number of hydrogen-bond donors (Lipinski definition) is 1.